The quantitative estimate of drug-likeness (QED) is 0.0438. The van der Waals surface area contributed by atoms with Crippen LogP contribution in [0.25, 0.3) is 33.4 Å². The Bertz CT molecular complexity index is 2410. The van der Waals surface area contributed by atoms with Crippen LogP contribution in [0.4, 0.5) is 18.9 Å². The molecule has 1 heterocycles. The van der Waals surface area contributed by atoms with E-state index in [4.69, 9.17) is 30.0 Å². The van der Waals surface area contributed by atoms with Crippen molar-refractivity contribution in [1.82, 2.24) is 4.72 Å². The number of alkyl halides is 3. The Morgan fingerprint density at radius 2 is 1.48 bits per heavy atom. The summed E-state index contributed by atoms with van der Waals surface area (Å²) in [6.45, 7) is -0.499. The van der Waals surface area contributed by atoms with Gasteiger partial charge in [-0.25, -0.2) is 22.7 Å². The van der Waals surface area contributed by atoms with Crippen LogP contribution in [0.5, 0.6) is 0 Å². The van der Waals surface area contributed by atoms with E-state index in [2.05, 4.69) is 4.72 Å². The zero-order chi connectivity index (χ0) is 38.1. The molecule has 0 saturated carbocycles. The number of carbonyl (C=O) groups is 3. The lowest BCUT2D eigenvalue weighted by Gasteiger charge is -2.20. The van der Waals surface area contributed by atoms with Crippen LogP contribution in [0, 0.1) is 0 Å². The summed E-state index contributed by atoms with van der Waals surface area (Å²) < 4.78 is 132. The third-order valence-electron chi connectivity index (χ3n) is 6.42. The zero-order valence-electron chi connectivity index (χ0n) is 24.5. The molecule has 2 aliphatic rings. The van der Waals surface area contributed by atoms with E-state index in [9.17, 15) is 62.8 Å². The molecule has 4 rings (SSSR count). The van der Waals surface area contributed by atoms with Gasteiger partial charge in [0.05, 0.1) is 22.6 Å². The predicted molar refractivity (Wildman–Crippen MR) is 159 cm³/mol. The highest BCUT2D eigenvalue weighted by molar-refractivity contribution is 7.90. The molecule has 1 aliphatic carbocycles. The number of benzene rings is 3. The van der Waals surface area contributed by atoms with Gasteiger partial charge in [0.25, 0.3) is 10.1 Å². The number of nitrogen functional groups attached to an aromatic ring is 1. The summed E-state index contributed by atoms with van der Waals surface area (Å²) in [5.74, 6) is -7.51. The molecule has 18 nitrogen and oxygen atoms in total. The minimum absolute atomic E-state index is 0.128. The van der Waals surface area contributed by atoms with Crippen LogP contribution in [-0.2, 0) is 35.1 Å². The van der Waals surface area contributed by atoms with Crippen molar-refractivity contribution >= 4 is 64.8 Å². The smallest absolute Gasteiger partial charge is 0.430 e. The molecule has 270 valence electrons. The van der Waals surface area contributed by atoms with Crippen LogP contribution >= 0.6 is 0 Å². The number of anilines is 1. The lowest BCUT2D eigenvalue weighted by atomic mass is 9.89. The summed E-state index contributed by atoms with van der Waals surface area (Å²) in [6.07, 6.45) is -5.55. The summed E-state index contributed by atoms with van der Waals surface area (Å²) in [5, 5.41) is 33.3. The predicted octanol–water partition coefficient (Wildman–Crippen LogP) is -1.06. The first kappa shape index (κ1) is 39.3. The number of carbonyl (C=O) groups excluding carboxylic acids is 1. The molecular weight excluding hydrogens is 747 g/mol. The highest BCUT2D eigenvalue weighted by Gasteiger charge is 2.33. The number of hydrogen-bond donors (Lipinski definition) is 7. The van der Waals surface area contributed by atoms with Crippen molar-refractivity contribution in [2.75, 3.05) is 18.0 Å². The van der Waals surface area contributed by atoms with Crippen LogP contribution < -0.4 is 26.3 Å². The summed E-state index contributed by atoms with van der Waals surface area (Å²) in [6, 6.07) is 7.71. The lowest BCUT2D eigenvalue weighted by molar-refractivity contribution is -0.344. The molecule has 2 aromatic carbocycles. The molecule has 0 unspecified atom stereocenters. The van der Waals surface area contributed by atoms with Crippen LogP contribution in [-0.4, -0.2) is 81.0 Å². The molecule has 24 heteroatoms. The average Bonchev–Trinajstić information content (AvgIpc) is 2.96. The molecule has 0 aromatic heterocycles. The summed E-state index contributed by atoms with van der Waals surface area (Å²) in [7, 11) is -14.2. The van der Waals surface area contributed by atoms with Crippen molar-refractivity contribution in [2.45, 2.75) is 22.4 Å². The van der Waals surface area contributed by atoms with E-state index in [-0.39, 0.29) is 28.5 Å². The van der Waals surface area contributed by atoms with Gasteiger partial charge in [-0.15, -0.1) is 0 Å². The maximum atomic E-state index is 13.4. The van der Waals surface area contributed by atoms with E-state index in [1.807, 2.05) is 0 Å². The monoisotopic (exact) mass is 769 g/mol. The third kappa shape index (κ3) is 8.71. The molecular formula is C26H22F3N3O15S3. The van der Waals surface area contributed by atoms with Crippen LogP contribution in [0.15, 0.2) is 56.7 Å². The number of aromatic carboxylic acids is 2. The highest BCUT2D eigenvalue weighted by atomic mass is 32.2. The number of nitrogens with one attached hydrogen (secondary N) is 1. The van der Waals surface area contributed by atoms with Crippen molar-refractivity contribution < 1.29 is 87.1 Å². The third-order valence-corrected chi connectivity index (χ3v) is 9.71. The number of halogens is 3. The number of sulfonamides is 1. The number of aliphatic carboxylic acids is 1. The standard InChI is InChI=1S/C24H21N3O13S3.C2HF3O2/c25-16-6-4-13-18(12-3-2-11(23(28)29)10-15(12)24(30)31)14-5-7-17(26)22(43(37,38)39)20(14)40-19(13)21(16)42(35,36)27-8-1-9-41(32,33)34;3-2(4,5)1(6)7/h2-7,10,26-27H,1,8-9,25H2,(H,28,29)(H,30,31)(H,32,33,34)(H,37,38,39);(H,6,7). The topological polar surface area (TPSA) is 334 Å². The van der Waals surface area contributed by atoms with Gasteiger partial charge in [-0.05, 0) is 42.3 Å². The van der Waals surface area contributed by atoms with E-state index in [1.54, 1.807) is 0 Å². The molecule has 0 radical (unpaired) electrons. The second-order valence-electron chi connectivity index (χ2n) is 9.87. The summed E-state index contributed by atoms with van der Waals surface area (Å²) >= 11 is 0. The molecule has 0 amide bonds. The fourth-order valence-corrected chi connectivity index (χ4v) is 7.03. The number of carboxylic acid groups (broad SMARTS) is 3. The van der Waals surface area contributed by atoms with Gasteiger partial charge in [0.1, 0.15) is 10.9 Å². The van der Waals surface area contributed by atoms with Crippen molar-refractivity contribution in [3.05, 3.63) is 58.9 Å². The first-order valence-electron chi connectivity index (χ1n) is 13.0. The van der Waals surface area contributed by atoms with Crippen molar-refractivity contribution in [1.29, 1.82) is 0 Å². The molecule has 2 aromatic rings. The molecule has 50 heavy (non-hydrogen) atoms. The average molecular weight is 770 g/mol. The van der Waals surface area contributed by atoms with Gasteiger partial charge in [-0.1, -0.05) is 6.07 Å². The Kier molecular flexibility index (Phi) is 11.0. The van der Waals surface area contributed by atoms with Crippen molar-refractivity contribution in [3.8, 4) is 22.5 Å². The zero-order valence-corrected chi connectivity index (χ0v) is 26.9. The number of fused-ring (bicyclic) bond motifs is 2. The Labute approximate surface area is 278 Å². The Balaban J connectivity index is 0.000000872. The fourth-order valence-electron chi connectivity index (χ4n) is 4.44. The van der Waals surface area contributed by atoms with E-state index in [0.29, 0.717) is 0 Å². The molecule has 9 N–H and O–H groups in total. The summed E-state index contributed by atoms with van der Waals surface area (Å²) in [4.78, 5) is 30.9. The molecule has 0 saturated heterocycles. The second-order valence-corrected chi connectivity index (χ2v) is 14.5. The second kappa shape index (κ2) is 14.0. The van der Waals surface area contributed by atoms with Crippen LogP contribution in [0.1, 0.15) is 27.1 Å². The number of hydrogen-bond acceptors (Lipinski definition) is 12. The molecule has 0 spiro atoms. The SMILES string of the molecule is Nc1ccc2c(-c3ccc(C(=O)O)cc3C(=O)O)c3ccc(=[NH2+])c(S(=O)(=O)O)c-3oc2c1S(=O)(=O)NCCCS(=O)(=O)O.O=C([O-])C(F)(F)F. The van der Waals surface area contributed by atoms with E-state index in [0.717, 1.165) is 30.3 Å². The maximum absolute atomic E-state index is 13.4. The van der Waals surface area contributed by atoms with Gasteiger partial charge in [0.15, 0.2) is 11.3 Å². The Hall–Kier alpha value is -5.14. The fraction of sp³-hybridized carbons (Fsp3) is 0.154. The molecule has 0 fully saturated rings. The van der Waals surface area contributed by atoms with Crippen molar-refractivity contribution in [3.63, 3.8) is 0 Å². The molecule has 1 aliphatic heterocycles. The minimum atomic E-state index is -5.19. The molecule has 0 bridgehead atoms. The number of carboxylic acids is 3. The van der Waals surface area contributed by atoms with E-state index >= 15 is 0 Å². The lowest BCUT2D eigenvalue weighted by Crippen LogP contribution is -2.47. The first-order valence-corrected chi connectivity index (χ1v) is 17.5. The van der Waals surface area contributed by atoms with Crippen LogP contribution in [0.2, 0.25) is 0 Å². The number of nitrogens with two attached hydrogens (primary N) is 2. The van der Waals surface area contributed by atoms with E-state index in [1.165, 1.54) is 12.1 Å². The maximum Gasteiger partial charge on any atom is 0.430 e. The Morgan fingerprint density at radius 1 is 0.900 bits per heavy atom. The van der Waals surface area contributed by atoms with Gasteiger partial charge in [0.2, 0.25) is 20.3 Å². The van der Waals surface area contributed by atoms with Gasteiger partial charge in [-0.2, -0.15) is 30.0 Å². The van der Waals surface area contributed by atoms with Gasteiger partial charge in [-0.3, -0.25) is 14.5 Å². The van der Waals surface area contributed by atoms with Gasteiger partial charge in [0, 0.05) is 29.1 Å². The first-order chi connectivity index (χ1) is 22.8. The summed E-state index contributed by atoms with van der Waals surface area (Å²) in [5.41, 5.74) is 3.50. The van der Waals surface area contributed by atoms with Crippen molar-refractivity contribution in [2.24, 2.45) is 0 Å². The minimum Gasteiger partial charge on any atom is -0.542 e. The molecule has 0 atom stereocenters. The van der Waals surface area contributed by atoms with Crippen LogP contribution in [0.3, 0.4) is 0 Å². The van der Waals surface area contributed by atoms with Gasteiger partial charge < -0.3 is 30.3 Å². The normalized spacial score (nSPS) is 12.3. The number of rotatable bonds is 10. The Morgan fingerprint density at radius 3 is 1.98 bits per heavy atom. The van der Waals surface area contributed by atoms with E-state index < -0.39 is 110 Å². The highest BCUT2D eigenvalue weighted by Crippen LogP contribution is 2.45. The van der Waals surface area contributed by atoms with Gasteiger partial charge >= 0.3 is 28.2 Å². The largest absolute Gasteiger partial charge is 0.542 e.